The van der Waals surface area contributed by atoms with Gasteiger partial charge in [0.05, 0.1) is 11.6 Å². The van der Waals surface area contributed by atoms with Crippen LogP contribution in [-0.4, -0.2) is 0 Å². The lowest BCUT2D eigenvalue weighted by molar-refractivity contribution is -0.138. The summed E-state index contributed by atoms with van der Waals surface area (Å²) in [5, 5.41) is 3.51. The zero-order valence-corrected chi connectivity index (χ0v) is 10.6. The summed E-state index contributed by atoms with van der Waals surface area (Å²) in [6, 6.07) is 4.50. The van der Waals surface area contributed by atoms with Gasteiger partial charge in [-0.2, -0.15) is 24.5 Å². The second kappa shape index (κ2) is 4.91. The lowest BCUT2D eigenvalue weighted by Gasteiger charge is -2.19. The number of hydrogen-bond donors (Lipinski definition) is 1. The van der Waals surface area contributed by atoms with Crippen LogP contribution < -0.4 is 5.73 Å². The molecule has 18 heavy (non-hydrogen) atoms. The van der Waals surface area contributed by atoms with E-state index in [1.807, 2.05) is 0 Å². The van der Waals surface area contributed by atoms with Gasteiger partial charge in [-0.25, -0.2) is 0 Å². The summed E-state index contributed by atoms with van der Waals surface area (Å²) in [5.74, 6) is 0. The van der Waals surface area contributed by atoms with Crippen LogP contribution in [0.3, 0.4) is 0 Å². The molecule has 0 aliphatic heterocycles. The molecule has 96 valence electrons. The van der Waals surface area contributed by atoms with Gasteiger partial charge in [0.15, 0.2) is 0 Å². The Morgan fingerprint density at radius 1 is 1.22 bits per heavy atom. The number of nitrogens with two attached hydrogens (primary N) is 1. The molecule has 1 heterocycles. The third-order valence-electron chi connectivity index (χ3n) is 2.57. The maximum absolute atomic E-state index is 12.9. The van der Waals surface area contributed by atoms with Crippen molar-refractivity contribution < 1.29 is 13.2 Å². The van der Waals surface area contributed by atoms with Crippen LogP contribution in [0.1, 0.15) is 22.7 Å². The van der Waals surface area contributed by atoms with Gasteiger partial charge >= 0.3 is 6.18 Å². The molecule has 2 aromatic rings. The maximum atomic E-state index is 12.9. The monoisotopic (exact) mass is 291 g/mol. The average Bonchev–Trinajstić information content (AvgIpc) is 2.80. The fraction of sp³-hybridized carbons (Fsp3) is 0.167. The van der Waals surface area contributed by atoms with E-state index in [-0.39, 0.29) is 10.6 Å². The van der Waals surface area contributed by atoms with Gasteiger partial charge in [0.2, 0.25) is 0 Å². The number of rotatable bonds is 2. The topological polar surface area (TPSA) is 26.0 Å². The van der Waals surface area contributed by atoms with Gasteiger partial charge in [-0.05, 0) is 34.5 Å². The number of thiophene rings is 1. The quantitative estimate of drug-likeness (QED) is 0.868. The van der Waals surface area contributed by atoms with Crippen molar-refractivity contribution in [3.05, 3.63) is 56.7 Å². The van der Waals surface area contributed by atoms with Crippen molar-refractivity contribution in [3.8, 4) is 0 Å². The predicted molar refractivity (Wildman–Crippen MR) is 66.8 cm³/mol. The first-order chi connectivity index (χ1) is 8.41. The molecule has 2 rings (SSSR count). The lowest BCUT2D eigenvalue weighted by Crippen LogP contribution is -2.18. The Bertz CT molecular complexity index is 537. The van der Waals surface area contributed by atoms with E-state index in [1.54, 1.807) is 16.8 Å². The zero-order chi connectivity index (χ0) is 13.3. The van der Waals surface area contributed by atoms with Gasteiger partial charge < -0.3 is 5.73 Å². The van der Waals surface area contributed by atoms with Crippen molar-refractivity contribution in [2.75, 3.05) is 0 Å². The molecular weight excluding hydrogens is 283 g/mol. The molecule has 0 saturated heterocycles. The molecule has 0 radical (unpaired) electrons. The Hall–Kier alpha value is -1.04. The minimum absolute atomic E-state index is 0.0310. The van der Waals surface area contributed by atoms with E-state index in [9.17, 15) is 13.2 Å². The molecule has 1 atom stereocenters. The fourth-order valence-electron chi connectivity index (χ4n) is 1.72. The van der Waals surface area contributed by atoms with E-state index in [2.05, 4.69) is 0 Å². The summed E-state index contributed by atoms with van der Waals surface area (Å²) in [7, 11) is 0. The predicted octanol–water partition coefficient (Wildman–Crippen LogP) is 4.47. The number of hydrogen-bond acceptors (Lipinski definition) is 2. The van der Waals surface area contributed by atoms with E-state index in [0.29, 0.717) is 5.56 Å². The summed E-state index contributed by atoms with van der Waals surface area (Å²) in [6.07, 6.45) is -4.46. The number of halogens is 4. The molecule has 1 aromatic heterocycles. The molecule has 0 aliphatic carbocycles. The molecule has 0 amide bonds. The van der Waals surface area contributed by atoms with Crippen molar-refractivity contribution in [2.45, 2.75) is 12.2 Å². The SMILES string of the molecule is N[C@@H](c1ccsc1)c1c(Cl)cccc1C(F)(F)F. The Balaban J connectivity index is 2.56. The molecule has 0 spiro atoms. The third kappa shape index (κ3) is 2.53. The molecule has 1 nitrogen and oxygen atoms in total. The summed E-state index contributed by atoms with van der Waals surface area (Å²) in [5.41, 5.74) is 5.64. The van der Waals surface area contributed by atoms with Crippen molar-refractivity contribution in [3.63, 3.8) is 0 Å². The highest BCUT2D eigenvalue weighted by Crippen LogP contribution is 2.39. The lowest BCUT2D eigenvalue weighted by atomic mass is 9.96. The van der Waals surface area contributed by atoms with Crippen LogP contribution >= 0.6 is 22.9 Å². The second-order valence-corrected chi connectivity index (χ2v) is 4.92. The van der Waals surface area contributed by atoms with Crippen LogP contribution in [0.15, 0.2) is 35.0 Å². The third-order valence-corrected chi connectivity index (χ3v) is 3.60. The number of benzene rings is 1. The minimum Gasteiger partial charge on any atom is -0.320 e. The van der Waals surface area contributed by atoms with Gasteiger partial charge in [-0.15, -0.1) is 0 Å². The van der Waals surface area contributed by atoms with E-state index < -0.39 is 17.8 Å². The van der Waals surface area contributed by atoms with Crippen LogP contribution in [0.4, 0.5) is 13.2 Å². The first-order valence-corrected chi connectivity index (χ1v) is 6.36. The van der Waals surface area contributed by atoms with Gasteiger partial charge in [-0.3, -0.25) is 0 Å². The van der Waals surface area contributed by atoms with Crippen molar-refractivity contribution in [2.24, 2.45) is 5.73 Å². The van der Waals surface area contributed by atoms with Gasteiger partial charge in [-0.1, -0.05) is 17.7 Å². The highest BCUT2D eigenvalue weighted by molar-refractivity contribution is 7.08. The molecule has 0 saturated carbocycles. The Labute approximate surface area is 111 Å². The van der Waals surface area contributed by atoms with Gasteiger partial charge in [0.1, 0.15) is 0 Å². The molecule has 0 aliphatic rings. The normalized spacial score (nSPS) is 13.6. The van der Waals surface area contributed by atoms with Crippen LogP contribution in [-0.2, 0) is 6.18 Å². The Morgan fingerprint density at radius 2 is 1.94 bits per heavy atom. The molecule has 0 unspecified atom stereocenters. The van der Waals surface area contributed by atoms with Crippen molar-refractivity contribution >= 4 is 22.9 Å². The van der Waals surface area contributed by atoms with Crippen LogP contribution in [0.5, 0.6) is 0 Å². The van der Waals surface area contributed by atoms with Crippen LogP contribution in [0.2, 0.25) is 5.02 Å². The standard InChI is InChI=1S/C12H9ClF3NS/c13-9-3-1-2-8(12(14,15)16)10(9)11(17)7-4-5-18-6-7/h1-6,11H,17H2/t11-/m0/s1. The summed E-state index contributed by atoms with van der Waals surface area (Å²) in [6.45, 7) is 0. The van der Waals surface area contributed by atoms with E-state index in [0.717, 1.165) is 6.07 Å². The molecule has 1 aromatic carbocycles. The number of alkyl halides is 3. The Morgan fingerprint density at radius 3 is 2.50 bits per heavy atom. The highest BCUT2D eigenvalue weighted by atomic mass is 35.5. The Kier molecular flexibility index (Phi) is 3.66. The fourth-order valence-corrected chi connectivity index (χ4v) is 2.71. The first kappa shape index (κ1) is 13.4. The summed E-state index contributed by atoms with van der Waals surface area (Å²) in [4.78, 5) is 0. The molecule has 0 bridgehead atoms. The average molecular weight is 292 g/mol. The van der Waals surface area contributed by atoms with Crippen LogP contribution in [0.25, 0.3) is 0 Å². The molecule has 6 heteroatoms. The smallest absolute Gasteiger partial charge is 0.320 e. The molecular formula is C12H9ClF3NS. The van der Waals surface area contributed by atoms with E-state index >= 15 is 0 Å². The van der Waals surface area contributed by atoms with Crippen molar-refractivity contribution in [1.29, 1.82) is 0 Å². The molecule has 2 N–H and O–H groups in total. The van der Waals surface area contributed by atoms with Crippen LogP contribution in [0, 0.1) is 0 Å². The van der Waals surface area contributed by atoms with Gasteiger partial charge in [0.25, 0.3) is 0 Å². The summed E-state index contributed by atoms with van der Waals surface area (Å²) >= 11 is 7.25. The maximum Gasteiger partial charge on any atom is 0.416 e. The van der Waals surface area contributed by atoms with E-state index in [1.165, 1.54) is 23.5 Å². The van der Waals surface area contributed by atoms with Gasteiger partial charge in [0, 0.05) is 10.6 Å². The summed E-state index contributed by atoms with van der Waals surface area (Å²) < 4.78 is 38.8. The molecule has 0 fully saturated rings. The first-order valence-electron chi connectivity index (χ1n) is 5.04. The zero-order valence-electron chi connectivity index (χ0n) is 9.04. The van der Waals surface area contributed by atoms with E-state index in [4.69, 9.17) is 17.3 Å². The highest BCUT2D eigenvalue weighted by Gasteiger charge is 2.35. The van der Waals surface area contributed by atoms with Crippen molar-refractivity contribution in [1.82, 2.24) is 0 Å². The second-order valence-electron chi connectivity index (χ2n) is 3.73. The minimum atomic E-state index is -4.46. The largest absolute Gasteiger partial charge is 0.416 e.